The van der Waals surface area contributed by atoms with Gasteiger partial charge in [-0.25, -0.2) is 0 Å². The molecule has 1 heterocycles. The van der Waals surface area contributed by atoms with Crippen LogP contribution in [-0.2, 0) is 11.8 Å². The van der Waals surface area contributed by atoms with Crippen molar-refractivity contribution in [3.05, 3.63) is 66.0 Å². The molecule has 168 valence electrons. The van der Waals surface area contributed by atoms with Crippen molar-refractivity contribution in [2.45, 2.75) is 25.0 Å². The number of amides is 2. The summed E-state index contributed by atoms with van der Waals surface area (Å²) in [5.74, 6) is 1.25. The Bertz CT molecular complexity index is 1070. The molecule has 0 saturated heterocycles. The lowest BCUT2D eigenvalue weighted by Crippen LogP contribution is -2.33. The lowest BCUT2D eigenvalue weighted by atomic mass is 10.0. The molecule has 8 nitrogen and oxygen atoms in total. The van der Waals surface area contributed by atoms with Gasteiger partial charge in [0.05, 0.1) is 18.9 Å². The number of hydrogen-bond donors (Lipinski definition) is 2. The monoisotopic (exact) mass is 453 g/mol. The highest BCUT2D eigenvalue weighted by molar-refractivity contribution is 7.99. The minimum Gasteiger partial charge on any atom is -0.497 e. The average Bonchev–Trinajstić information content (AvgIpc) is 3.16. The Balaban J connectivity index is 1.64. The lowest BCUT2D eigenvalue weighted by Gasteiger charge is -2.21. The van der Waals surface area contributed by atoms with Crippen molar-refractivity contribution < 1.29 is 14.3 Å². The Morgan fingerprint density at radius 1 is 1.09 bits per heavy atom. The summed E-state index contributed by atoms with van der Waals surface area (Å²) in [5.41, 5.74) is 1.25. The number of hydrogen-bond acceptors (Lipinski definition) is 6. The third-order valence-electron chi connectivity index (χ3n) is 4.82. The first kappa shape index (κ1) is 23.3. The maximum absolute atomic E-state index is 12.6. The Hall–Kier alpha value is -3.33. The zero-order valence-electron chi connectivity index (χ0n) is 18.5. The second kappa shape index (κ2) is 10.8. The van der Waals surface area contributed by atoms with E-state index in [1.165, 1.54) is 11.8 Å². The van der Waals surface area contributed by atoms with Crippen LogP contribution >= 0.6 is 11.8 Å². The highest BCUT2D eigenvalue weighted by Gasteiger charge is 2.25. The number of thioether (sulfide) groups is 1. The topological polar surface area (TPSA) is 98.1 Å². The summed E-state index contributed by atoms with van der Waals surface area (Å²) < 4.78 is 6.99. The van der Waals surface area contributed by atoms with Crippen molar-refractivity contribution in [2.24, 2.45) is 13.0 Å². The molecule has 0 radical (unpaired) electrons. The number of carbonyl (C=O) groups excluding carboxylic acids is 2. The van der Waals surface area contributed by atoms with Crippen LogP contribution in [0.2, 0.25) is 0 Å². The molecule has 1 atom stereocenters. The molecule has 32 heavy (non-hydrogen) atoms. The van der Waals surface area contributed by atoms with E-state index in [1.807, 2.05) is 55.8 Å². The zero-order valence-corrected chi connectivity index (χ0v) is 19.3. The molecule has 3 rings (SSSR count). The van der Waals surface area contributed by atoms with E-state index in [2.05, 4.69) is 20.8 Å². The number of anilines is 1. The molecular weight excluding hydrogens is 426 g/mol. The van der Waals surface area contributed by atoms with Gasteiger partial charge >= 0.3 is 0 Å². The minimum absolute atomic E-state index is 0.0970. The van der Waals surface area contributed by atoms with Gasteiger partial charge in [-0.2, -0.15) is 0 Å². The highest BCUT2D eigenvalue weighted by Crippen LogP contribution is 2.25. The Morgan fingerprint density at radius 2 is 1.84 bits per heavy atom. The normalized spacial score (nSPS) is 11.8. The van der Waals surface area contributed by atoms with E-state index in [4.69, 9.17) is 4.74 Å². The number of nitrogens with zero attached hydrogens (tertiary/aromatic N) is 3. The SMILES string of the molecule is COc1cccc(NC(=O)CSc2nnc([C@@H](NC(=O)c3ccccc3)C(C)C)n2C)c1. The fraction of sp³-hybridized carbons (Fsp3) is 0.304. The van der Waals surface area contributed by atoms with Crippen molar-refractivity contribution in [1.29, 1.82) is 0 Å². The van der Waals surface area contributed by atoms with Crippen LogP contribution in [0, 0.1) is 5.92 Å². The number of methoxy groups -OCH3 is 1. The van der Waals surface area contributed by atoms with E-state index in [-0.39, 0.29) is 29.5 Å². The van der Waals surface area contributed by atoms with Gasteiger partial charge in [0.2, 0.25) is 5.91 Å². The Labute approximate surface area is 191 Å². The van der Waals surface area contributed by atoms with E-state index < -0.39 is 0 Å². The minimum atomic E-state index is -0.319. The fourth-order valence-electron chi connectivity index (χ4n) is 3.09. The van der Waals surface area contributed by atoms with Crippen LogP contribution in [0.4, 0.5) is 5.69 Å². The predicted octanol–water partition coefficient (Wildman–Crippen LogP) is 3.68. The van der Waals surface area contributed by atoms with Crippen molar-refractivity contribution in [3.63, 3.8) is 0 Å². The summed E-state index contributed by atoms with van der Waals surface area (Å²) in [4.78, 5) is 25.0. The number of benzene rings is 2. The van der Waals surface area contributed by atoms with Gasteiger partial charge in [-0.05, 0) is 30.2 Å². The first-order valence-electron chi connectivity index (χ1n) is 10.2. The molecule has 2 aromatic carbocycles. The molecule has 0 bridgehead atoms. The van der Waals surface area contributed by atoms with Gasteiger partial charge in [0.1, 0.15) is 5.75 Å². The second-order valence-electron chi connectivity index (χ2n) is 7.53. The predicted molar refractivity (Wildman–Crippen MR) is 125 cm³/mol. The van der Waals surface area contributed by atoms with Crippen molar-refractivity contribution in [3.8, 4) is 5.75 Å². The summed E-state index contributed by atoms with van der Waals surface area (Å²) in [5, 5.41) is 15.0. The van der Waals surface area contributed by atoms with Gasteiger partial charge < -0.3 is 19.9 Å². The molecular formula is C23H27N5O3S. The lowest BCUT2D eigenvalue weighted by molar-refractivity contribution is -0.113. The van der Waals surface area contributed by atoms with Crippen LogP contribution in [0.3, 0.4) is 0 Å². The summed E-state index contributed by atoms with van der Waals surface area (Å²) in [7, 11) is 3.41. The van der Waals surface area contributed by atoms with Crippen LogP contribution in [0.1, 0.15) is 36.1 Å². The van der Waals surface area contributed by atoms with E-state index in [0.29, 0.717) is 28.0 Å². The molecule has 3 aromatic rings. The van der Waals surface area contributed by atoms with Crippen molar-refractivity contribution >= 4 is 29.3 Å². The highest BCUT2D eigenvalue weighted by atomic mass is 32.2. The van der Waals surface area contributed by atoms with E-state index in [0.717, 1.165) is 0 Å². The van der Waals surface area contributed by atoms with Gasteiger partial charge in [0.25, 0.3) is 5.91 Å². The van der Waals surface area contributed by atoms with Crippen LogP contribution in [0.25, 0.3) is 0 Å². The van der Waals surface area contributed by atoms with Gasteiger partial charge in [-0.15, -0.1) is 10.2 Å². The molecule has 0 aliphatic rings. The molecule has 0 unspecified atom stereocenters. The van der Waals surface area contributed by atoms with E-state index in [9.17, 15) is 9.59 Å². The molecule has 2 amide bonds. The van der Waals surface area contributed by atoms with Crippen LogP contribution in [0.5, 0.6) is 5.75 Å². The molecule has 0 aliphatic heterocycles. The first-order valence-corrected chi connectivity index (χ1v) is 11.2. The number of aromatic nitrogens is 3. The summed E-state index contributed by atoms with van der Waals surface area (Å²) >= 11 is 1.28. The molecule has 9 heteroatoms. The maximum atomic E-state index is 12.6. The second-order valence-corrected chi connectivity index (χ2v) is 8.47. The van der Waals surface area contributed by atoms with Crippen LogP contribution in [-0.4, -0.2) is 39.4 Å². The quantitative estimate of drug-likeness (QED) is 0.480. The van der Waals surface area contributed by atoms with Crippen molar-refractivity contribution in [1.82, 2.24) is 20.1 Å². The van der Waals surface area contributed by atoms with E-state index >= 15 is 0 Å². The van der Waals surface area contributed by atoms with Gasteiger partial charge in [0.15, 0.2) is 11.0 Å². The molecule has 0 spiro atoms. The molecule has 0 aliphatic carbocycles. The first-order chi connectivity index (χ1) is 15.4. The van der Waals surface area contributed by atoms with E-state index in [1.54, 1.807) is 31.4 Å². The third-order valence-corrected chi connectivity index (χ3v) is 5.84. The number of ether oxygens (including phenoxy) is 1. The number of nitrogens with one attached hydrogen (secondary N) is 2. The molecule has 1 aromatic heterocycles. The molecule has 2 N–H and O–H groups in total. The average molecular weight is 454 g/mol. The fourth-order valence-corrected chi connectivity index (χ4v) is 3.81. The van der Waals surface area contributed by atoms with Crippen LogP contribution < -0.4 is 15.4 Å². The Morgan fingerprint density at radius 3 is 2.53 bits per heavy atom. The maximum Gasteiger partial charge on any atom is 0.251 e. The summed E-state index contributed by atoms with van der Waals surface area (Å²) in [6.45, 7) is 4.03. The number of carbonyl (C=O) groups is 2. The summed E-state index contributed by atoms with van der Waals surface area (Å²) in [6, 6.07) is 15.9. The van der Waals surface area contributed by atoms with Gasteiger partial charge in [-0.1, -0.05) is 49.9 Å². The smallest absolute Gasteiger partial charge is 0.251 e. The molecule has 0 saturated carbocycles. The van der Waals surface area contributed by atoms with Gasteiger partial charge in [0, 0.05) is 24.4 Å². The third kappa shape index (κ3) is 5.88. The summed E-state index contributed by atoms with van der Waals surface area (Å²) in [6.07, 6.45) is 0. The van der Waals surface area contributed by atoms with Crippen molar-refractivity contribution in [2.75, 3.05) is 18.2 Å². The standard InChI is InChI=1S/C23H27N5O3S/c1-15(2)20(25-22(30)16-9-6-5-7-10-16)21-26-27-23(28(21)3)32-14-19(29)24-17-11-8-12-18(13-17)31-4/h5-13,15,20H,14H2,1-4H3,(H,24,29)(H,25,30)/t20-/m0/s1. The van der Waals surface area contributed by atoms with Gasteiger partial charge in [-0.3, -0.25) is 9.59 Å². The molecule has 0 fully saturated rings. The zero-order chi connectivity index (χ0) is 23.1. The number of rotatable bonds is 9. The van der Waals surface area contributed by atoms with Crippen LogP contribution in [0.15, 0.2) is 59.8 Å². The largest absolute Gasteiger partial charge is 0.497 e. The Kier molecular flexibility index (Phi) is 7.88.